The van der Waals surface area contributed by atoms with Crippen LogP contribution in [-0.4, -0.2) is 55.6 Å². The summed E-state index contributed by atoms with van der Waals surface area (Å²) < 4.78 is 0. The summed E-state index contributed by atoms with van der Waals surface area (Å²) in [6.07, 6.45) is 7.42. The van der Waals surface area contributed by atoms with E-state index >= 15 is 0 Å². The van der Waals surface area contributed by atoms with Gasteiger partial charge in [0.15, 0.2) is 0 Å². The van der Waals surface area contributed by atoms with Crippen molar-refractivity contribution in [1.82, 2.24) is 25.1 Å². The molecule has 1 atom stereocenters. The average molecular weight is 407 g/mol. The number of nitrogens with zero attached hydrogens (tertiary/aromatic N) is 4. The molecule has 8 nitrogen and oxygen atoms in total. The minimum absolute atomic E-state index is 0.0739. The minimum Gasteiger partial charge on any atom is -0.483 e. The average Bonchev–Trinajstić information content (AvgIpc) is 3.31. The Morgan fingerprint density at radius 1 is 1.27 bits per heavy atom. The number of imidazole rings is 1. The van der Waals surface area contributed by atoms with Gasteiger partial charge in [-0.2, -0.15) is 10.2 Å². The number of aromatic nitrogens is 4. The third-order valence-corrected chi connectivity index (χ3v) is 5.38. The van der Waals surface area contributed by atoms with Gasteiger partial charge >= 0.3 is 0 Å². The fourth-order valence-electron chi connectivity index (χ4n) is 3.64. The monoisotopic (exact) mass is 407 g/mol. The van der Waals surface area contributed by atoms with Gasteiger partial charge in [-0.25, -0.2) is 4.98 Å². The highest BCUT2D eigenvalue weighted by Crippen LogP contribution is 2.26. The lowest BCUT2D eigenvalue weighted by molar-refractivity contribution is -0.122. The minimum atomic E-state index is -0.250. The summed E-state index contributed by atoms with van der Waals surface area (Å²) in [6, 6.07) is 7.69. The van der Waals surface area contributed by atoms with Gasteiger partial charge in [0.25, 0.3) is 12.4 Å². The van der Waals surface area contributed by atoms with E-state index in [2.05, 4.69) is 20.2 Å². The van der Waals surface area contributed by atoms with Crippen LogP contribution in [0, 0.1) is 13.8 Å². The molecule has 0 saturated carbocycles. The lowest BCUT2D eigenvalue weighted by Crippen LogP contribution is -2.39. The number of carbonyl (C=O) groups is 2. The maximum atomic E-state index is 13.0. The van der Waals surface area contributed by atoms with Crippen LogP contribution in [0.3, 0.4) is 0 Å². The molecule has 0 bridgehead atoms. The Balaban J connectivity index is 0.000000806. The summed E-state index contributed by atoms with van der Waals surface area (Å²) >= 11 is 0. The van der Waals surface area contributed by atoms with E-state index in [1.54, 1.807) is 12.4 Å². The van der Waals surface area contributed by atoms with Crippen molar-refractivity contribution in [2.75, 3.05) is 13.1 Å². The summed E-state index contributed by atoms with van der Waals surface area (Å²) in [4.78, 5) is 30.8. The molecule has 0 radical (unpaired) electrons. The highest BCUT2D eigenvalue weighted by Gasteiger charge is 2.26. The van der Waals surface area contributed by atoms with E-state index < -0.39 is 0 Å². The maximum absolute atomic E-state index is 13.0. The lowest BCUT2D eigenvalue weighted by Gasteiger charge is -2.32. The van der Waals surface area contributed by atoms with Crippen molar-refractivity contribution in [2.24, 2.45) is 0 Å². The molecule has 1 saturated heterocycles. The molecule has 156 valence electrons. The van der Waals surface area contributed by atoms with Gasteiger partial charge < -0.3 is 15.0 Å². The Kier molecular flexibility index (Phi) is 6.90. The first kappa shape index (κ1) is 21.2. The van der Waals surface area contributed by atoms with Crippen molar-refractivity contribution in [3.8, 4) is 11.3 Å². The first-order chi connectivity index (χ1) is 14.5. The SMILES string of the molecule is Cc1cnnc(-c2ccc(C(=O)N3CCCC(c4ncc[nH]4)C3)cc2)c1C.O=CO. The Hall–Kier alpha value is -3.55. The predicted octanol–water partition coefficient (Wildman–Crippen LogP) is 3.20. The zero-order valence-electron chi connectivity index (χ0n) is 17.1. The molecule has 4 rings (SSSR count). The topological polar surface area (TPSA) is 112 Å². The molecular formula is C22H25N5O3. The zero-order valence-corrected chi connectivity index (χ0v) is 17.1. The number of amides is 1. The van der Waals surface area contributed by atoms with Gasteiger partial charge in [-0.05, 0) is 49.9 Å². The number of piperidine rings is 1. The highest BCUT2D eigenvalue weighted by atomic mass is 16.3. The van der Waals surface area contributed by atoms with Gasteiger partial charge in [-0.15, -0.1) is 0 Å². The van der Waals surface area contributed by atoms with E-state index in [0.717, 1.165) is 47.6 Å². The van der Waals surface area contributed by atoms with E-state index in [1.807, 2.05) is 49.2 Å². The number of likely N-dealkylation sites (tertiary alicyclic amines) is 1. The maximum Gasteiger partial charge on any atom is 0.290 e. The van der Waals surface area contributed by atoms with Crippen molar-refractivity contribution >= 4 is 12.4 Å². The third kappa shape index (κ3) is 4.71. The van der Waals surface area contributed by atoms with Crippen molar-refractivity contribution < 1.29 is 14.7 Å². The summed E-state index contributed by atoms with van der Waals surface area (Å²) in [6.45, 7) is 5.31. The number of aryl methyl sites for hydroxylation is 1. The quantitative estimate of drug-likeness (QED) is 0.645. The van der Waals surface area contributed by atoms with Gasteiger partial charge in [0.1, 0.15) is 5.82 Å². The van der Waals surface area contributed by atoms with Crippen LogP contribution in [0.15, 0.2) is 42.9 Å². The molecule has 1 unspecified atom stereocenters. The summed E-state index contributed by atoms with van der Waals surface area (Å²) in [5.74, 6) is 1.32. The van der Waals surface area contributed by atoms with Crippen LogP contribution >= 0.6 is 0 Å². The van der Waals surface area contributed by atoms with E-state index in [0.29, 0.717) is 12.1 Å². The van der Waals surface area contributed by atoms with Crippen LogP contribution in [0.1, 0.15) is 46.1 Å². The number of hydrogen-bond donors (Lipinski definition) is 2. The molecule has 0 spiro atoms. The van der Waals surface area contributed by atoms with Gasteiger partial charge in [0, 0.05) is 42.5 Å². The smallest absolute Gasteiger partial charge is 0.290 e. The molecule has 30 heavy (non-hydrogen) atoms. The Morgan fingerprint density at radius 3 is 2.67 bits per heavy atom. The van der Waals surface area contributed by atoms with E-state index in [-0.39, 0.29) is 18.3 Å². The molecule has 1 aromatic carbocycles. The number of nitrogens with one attached hydrogen (secondary N) is 1. The Bertz CT molecular complexity index is 987. The second-order valence-electron chi connectivity index (χ2n) is 7.25. The highest BCUT2D eigenvalue weighted by molar-refractivity contribution is 5.94. The number of rotatable bonds is 3. The third-order valence-electron chi connectivity index (χ3n) is 5.38. The molecule has 0 aliphatic carbocycles. The molecule has 2 aromatic heterocycles. The van der Waals surface area contributed by atoms with Gasteiger partial charge in [0.05, 0.1) is 11.9 Å². The van der Waals surface area contributed by atoms with Crippen LogP contribution in [0.4, 0.5) is 0 Å². The normalized spacial score (nSPS) is 15.8. The Morgan fingerprint density at radius 2 is 2.00 bits per heavy atom. The van der Waals surface area contributed by atoms with Crippen molar-refractivity contribution in [3.63, 3.8) is 0 Å². The molecule has 8 heteroatoms. The second-order valence-corrected chi connectivity index (χ2v) is 7.25. The summed E-state index contributed by atoms with van der Waals surface area (Å²) in [7, 11) is 0. The van der Waals surface area contributed by atoms with Gasteiger partial charge in [-0.1, -0.05) is 12.1 Å². The van der Waals surface area contributed by atoms with Crippen molar-refractivity contribution in [2.45, 2.75) is 32.6 Å². The van der Waals surface area contributed by atoms with Crippen LogP contribution in [0.2, 0.25) is 0 Å². The van der Waals surface area contributed by atoms with E-state index in [4.69, 9.17) is 9.90 Å². The first-order valence-corrected chi connectivity index (χ1v) is 9.80. The Labute approximate surface area is 175 Å². The number of carboxylic acid groups (broad SMARTS) is 1. The van der Waals surface area contributed by atoms with Crippen molar-refractivity contribution in [3.05, 3.63) is 65.4 Å². The van der Waals surface area contributed by atoms with E-state index in [1.165, 1.54) is 0 Å². The largest absolute Gasteiger partial charge is 0.483 e. The molecule has 1 amide bonds. The van der Waals surface area contributed by atoms with E-state index in [9.17, 15) is 4.79 Å². The molecule has 3 heterocycles. The number of carbonyl (C=O) groups excluding carboxylic acids is 1. The molecule has 1 fully saturated rings. The molecule has 1 aliphatic heterocycles. The van der Waals surface area contributed by atoms with Crippen LogP contribution in [0.25, 0.3) is 11.3 Å². The molecule has 3 aromatic rings. The summed E-state index contributed by atoms with van der Waals surface area (Å²) in [5.41, 5.74) is 4.77. The van der Waals surface area contributed by atoms with Crippen LogP contribution in [-0.2, 0) is 4.79 Å². The van der Waals surface area contributed by atoms with Gasteiger partial charge in [-0.3, -0.25) is 9.59 Å². The standard InChI is InChI=1S/C21H23N5O.CH2O2/c1-14-12-24-25-19(15(14)2)16-5-7-17(8-6-16)21(27)26-11-3-4-18(13-26)20-22-9-10-23-20;2-1-3/h5-10,12,18H,3-4,11,13H2,1-2H3,(H,22,23);1H,(H,2,3). The zero-order chi connectivity index (χ0) is 21.5. The number of aromatic amines is 1. The van der Waals surface area contributed by atoms with Crippen LogP contribution in [0.5, 0.6) is 0 Å². The van der Waals surface area contributed by atoms with Crippen LogP contribution < -0.4 is 0 Å². The number of hydrogen-bond acceptors (Lipinski definition) is 5. The molecular weight excluding hydrogens is 382 g/mol. The lowest BCUT2D eigenvalue weighted by atomic mass is 9.96. The summed E-state index contributed by atoms with van der Waals surface area (Å²) in [5, 5.41) is 15.2. The van der Waals surface area contributed by atoms with Gasteiger partial charge in [0.2, 0.25) is 0 Å². The fraction of sp³-hybridized carbons (Fsp3) is 0.318. The first-order valence-electron chi connectivity index (χ1n) is 9.80. The molecule has 2 N–H and O–H groups in total. The molecule has 1 aliphatic rings. The van der Waals surface area contributed by atoms with Crippen molar-refractivity contribution in [1.29, 1.82) is 0 Å². The number of H-pyrrole nitrogens is 1. The fourth-order valence-corrected chi connectivity index (χ4v) is 3.64. The number of benzene rings is 1. The second kappa shape index (κ2) is 9.78. The predicted molar refractivity (Wildman–Crippen MR) is 112 cm³/mol.